The summed E-state index contributed by atoms with van der Waals surface area (Å²) in [6, 6.07) is 23.4. The molecule has 0 spiro atoms. The minimum Gasteiger partial charge on any atom is -0.480 e. The van der Waals surface area contributed by atoms with Gasteiger partial charge in [0.25, 0.3) is 0 Å². The quantitative estimate of drug-likeness (QED) is 0.148. The third-order valence-electron chi connectivity index (χ3n) is 10.3. The second-order valence-electron chi connectivity index (χ2n) is 14.3. The molecule has 8 heteroatoms. The van der Waals surface area contributed by atoms with Gasteiger partial charge >= 0.3 is 5.97 Å². The van der Waals surface area contributed by atoms with Gasteiger partial charge in [-0.25, -0.2) is 0 Å². The molecule has 2 aliphatic carbocycles. The summed E-state index contributed by atoms with van der Waals surface area (Å²) in [5.41, 5.74) is 7.59. The zero-order valence-corrected chi connectivity index (χ0v) is 30.1. The number of nitrogens with one attached hydrogen (secondary N) is 3. The first-order chi connectivity index (χ1) is 23.8. The van der Waals surface area contributed by atoms with E-state index in [0.29, 0.717) is 30.4 Å². The van der Waals surface area contributed by atoms with E-state index in [0.717, 1.165) is 49.7 Å². The van der Waals surface area contributed by atoms with Gasteiger partial charge in [0.15, 0.2) is 5.78 Å². The molecular formula is C42H53N3O5. The van der Waals surface area contributed by atoms with E-state index in [1.165, 1.54) is 29.2 Å². The van der Waals surface area contributed by atoms with Crippen LogP contribution in [0.1, 0.15) is 111 Å². The Kier molecular flexibility index (Phi) is 13.7. The van der Waals surface area contributed by atoms with Gasteiger partial charge in [-0.1, -0.05) is 83.9 Å². The summed E-state index contributed by atoms with van der Waals surface area (Å²) in [5.74, 6) is -0.294. The lowest BCUT2D eigenvalue weighted by atomic mass is 9.95. The van der Waals surface area contributed by atoms with Gasteiger partial charge < -0.3 is 21.1 Å². The van der Waals surface area contributed by atoms with Gasteiger partial charge in [0.1, 0.15) is 6.04 Å². The van der Waals surface area contributed by atoms with Crippen molar-refractivity contribution < 1.29 is 24.3 Å². The van der Waals surface area contributed by atoms with Crippen LogP contribution in [0.4, 0.5) is 0 Å². The van der Waals surface area contributed by atoms with Gasteiger partial charge in [0, 0.05) is 24.0 Å². The Morgan fingerprint density at radius 1 is 0.740 bits per heavy atom. The molecule has 6 atom stereocenters. The van der Waals surface area contributed by atoms with Crippen LogP contribution in [0, 0.1) is 31.1 Å². The summed E-state index contributed by atoms with van der Waals surface area (Å²) in [5, 5.41) is 22.0. The van der Waals surface area contributed by atoms with Gasteiger partial charge in [-0.2, -0.15) is 0 Å². The van der Waals surface area contributed by atoms with Crippen LogP contribution in [-0.2, 0) is 25.6 Å². The fourth-order valence-corrected chi connectivity index (χ4v) is 7.10. The number of carboxylic acids is 1. The number of carbonyl (C=O) groups is 4. The monoisotopic (exact) mass is 679 g/mol. The summed E-state index contributed by atoms with van der Waals surface area (Å²) in [6.45, 7) is 9.20. The second kappa shape index (κ2) is 17.9. The summed E-state index contributed by atoms with van der Waals surface area (Å²) < 4.78 is 0. The highest BCUT2D eigenvalue weighted by Crippen LogP contribution is 2.39. The van der Waals surface area contributed by atoms with E-state index in [2.05, 4.69) is 66.9 Å². The molecule has 266 valence electrons. The zero-order valence-electron chi connectivity index (χ0n) is 30.1. The number of aliphatic carboxylic acids is 1. The minimum absolute atomic E-state index is 0.0109. The first-order valence-electron chi connectivity index (χ1n) is 17.9. The molecule has 0 saturated heterocycles. The topological polar surface area (TPSA) is 136 Å². The number of aryl methyl sites for hydroxylation is 3. The normalized spacial score (nSPS) is 20.9. The highest BCUT2D eigenvalue weighted by atomic mass is 16.4. The fourth-order valence-electron chi connectivity index (χ4n) is 7.10. The van der Waals surface area contributed by atoms with Crippen molar-refractivity contribution in [2.75, 3.05) is 0 Å². The number of Topliss-reactive ketones (excluding diaryl/α,β-unsaturated/α-hetero) is 1. The molecule has 0 aromatic heterocycles. The van der Waals surface area contributed by atoms with Crippen molar-refractivity contribution in [3.05, 3.63) is 106 Å². The van der Waals surface area contributed by atoms with Crippen LogP contribution in [0.25, 0.3) is 0 Å². The van der Waals surface area contributed by atoms with Crippen LogP contribution < -0.4 is 10.6 Å². The molecular weight excluding hydrogens is 626 g/mol. The van der Waals surface area contributed by atoms with Gasteiger partial charge in [-0.05, 0) is 114 Å². The largest absolute Gasteiger partial charge is 0.480 e. The predicted octanol–water partition coefficient (Wildman–Crippen LogP) is 7.44. The Morgan fingerprint density at radius 3 is 1.66 bits per heavy atom. The highest BCUT2D eigenvalue weighted by Gasteiger charge is 2.33. The summed E-state index contributed by atoms with van der Waals surface area (Å²) in [7, 11) is 0. The molecule has 2 fully saturated rings. The van der Waals surface area contributed by atoms with Crippen molar-refractivity contribution in [1.82, 2.24) is 10.6 Å². The van der Waals surface area contributed by atoms with Gasteiger partial charge in [-0.3, -0.25) is 19.2 Å². The van der Waals surface area contributed by atoms with Crippen molar-refractivity contribution in [3.63, 3.8) is 0 Å². The zero-order chi connectivity index (χ0) is 36.4. The van der Waals surface area contributed by atoms with E-state index >= 15 is 0 Å². The number of carboxylic acid groups (broad SMARTS) is 1. The van der Waals surface area contributed by atoms with E-state index in [-0.39, 0.29) is 29.4 Å². The first kappa shape index (κ1) is 38.2. The molecule has 3 aromatic carbocycles. The van der Waals surface area contributed by atoms with Gasteiger partial charge in [0.2, 0.25) is 11.8 Å². The van der Waals surface area contributed by atoms with Crippen LogP contribution in [0.3, 0.4) is 0 Å². The molecule has 0 bridgehead atoms. The lowest BCUT2D eigenvalue weighted by molar-refractivity contribution is -0.141. The minimum atomic E-state index is -0.994. The Balaban J connectivity index is 0.000000244. The maximum Gasteiger partial charge on any atom is 0.325 e. The fraction of sp³-hybridized carbons (Fsp3) is 0.452. The molecule has 2 aliphatic rings. The average Bonchev–Trinajstić information content (AvgIpc) is 3.79. The van der Waals surface area contributed by atoms with Crippen molar-refractivity contribution in [2.24, 2.45) is 11.8 Å². The third-order valence-corrected chi connectivity index (χ3v) is 10.3. The van der Waals surface area contributed by atoms with E-state index in [1.807, 2.05) is 30.3 Å². The molecule has 3 aromatic rings. The predicted molar refractivity (Wildman–Crippen MR) is 198 cm³/mol. The van der Waals surface area contributed by atoms with Crippen molar-refractivity contribution >= 4 is 29.3 Å². The van der Waals surface area contributed by atoms with Crippen LogP contribution in [0.2, 0.25) is 0 Å². The number of hydrogen-bond donors (Lipinski definition) is 4. The SMILES string of the molecule is CC(=N)c1ccc(CCC(=O)[C@H](C)NC(=O)[C@@H]2CC[C@H](c3cccc(C)c3)C2)cc1.Cc1cccc([C@H]2CC[C@@H](C(=O)N[C@@H](C)C(=O)O)C2)c1. The van der Waals surface area contributed by atoms with Crippen LogP contribution >= 0.6 is 0 Å². The number of carbonyl (C=O) groups excluding carboxylic acids is 3. The third kappa shape index (κ3) is 11.0. The lowest BCUT2D eigenvalue weighted by Crippen LogP contribution is -2.41. The Labute approximate surface area is 297 Å². The van der Waals surface area contributed by atoms with E-state index in [9.17, 15) is 19.2 Å². The maximum absolute atomic E-state index is 12.7. The van der Waals surface area contributed by atoms with Gasteiger partial charge in [0.05, 0.1) is 6.04 Å². The number of amides is 2. The number of rotatable bonds is 12. The lowest BCUT2D eigenvalue weighted by Gasteiger charge is -2.17. The van der Waals surface area contributed by atoms with Crippen LogP contribution in [0.5, 0.6) is 0 Å². The molecule has 8 nitrogen and oxygen atoms in total. The van der Waals surface area contributed by atoms with Crippen molar-refractivity contribution in [1.29, 1.82) is 5.41 Å². The number of hydrogen-bond acceptors (Lipinski definition) is 5. The Bertz CT molecular complexity index is 1670. The van der Waals surface area contributed by atoms with E-state index in [1.54, 1.807) is 13.8 Å². The standard InChI is InChI=1S/C26H32N2O2.C16H21NO3/c1-17-5-4-6-22(15-17)23-12-13-24(16-23)26(30)28-19(3)25(29)14-9-20-7-10-21(11-8-20)18(2)27;1-10-4-3-5-12(8-10)13-6-7-14(9-13)15(18)17-11(2)16(19)20/h4-8,10-11,15,19,23-24,27H,9,12-14,16H2,1-3H3,(H,28,30);3-5,8,11,13-14H,6-7,9H2,1-2H3,(H,17,18)(H,19,20)/t19-,23-,24+;11-,13-,14+/m00/s1. The molecule has 50 heavy (non-hydrogen) atoms. The van der Waals surface area contributed by atoms with Crippen LogP contribution in [0.15, 0.2) is 72.8 Å². The number of benzene rings is 3. The summed E-state index contributed by atoms with van der Waals surface area (Å²) in [6.07, 6.45) is 6.44. The molecule has 0 aliphatic heterocycles. The highest BCUT2D eigenvalue weighted by molar-refractivity contribution is 5.96. The van der Waals surface area contributed by atoms with E-state index < -0.39 is 18.1 Å². The number of ketones is 1. The van der Waals surface area contributed by atoms with Gasteiger partial charge in [-0.15, -0.1) is 0 Å². The molecule has 0 unspecified atom stereocenters. The second-order valence-corrected chi connectivity index (χ2v) is 14.3. The Morgan fingerprint density at radius 2 is 1.22 bits per heavy atom. The van der Waals surface area contributed by atoms with Crippen LogP contribution in [-0.4, -0.2) is 46.5 Å². The smallest absolute Gasteiger partial charge is 0.325 e. The van der Waals surface area contributed by atoms with E-state index in [4.69, 9.17) is 10.5 Å². The Hall–Kier alpha value is -4.59. The van der Waals surface area contributed by atoms with Crippen molar-refractivity contribution in [3.8, 4) is 0 Å². The first-order valence-corrected chi connectivity index (χ1v) is 17.9. The molecule has 0 heterocycles. The van der Waals surface area contributed by atoms with Crippen molar-refractivity contribution in [2.45, 2.75) is 110 Å². The molecule has 2 amide bonds. The molecule has 5 rings (SSSR count). The molecule has 0 radical (unpaired) electrons. The average molecular weight is 680 g/mol. The summed E-state index contributed by atoms with van der Waals surface area (Å²) in [4.78, 5) is 48.0. The molecule has 4 N–H and O–H groups in total. The maximum atomic E-state index is 12.7. The summed E-state index contributed by atoms with van der Waals surface area (Å²) >= 11 is 0. The molecule has 2 saturated carbocycles.